The number of nitrogens with zero attached hydrogens (tertiary/aromatic N) is 2. The van der Waals surface area contributed by atoms with E-state index in [1.807, 2.05) is 6.07 Å². The lowest BCUT2D eigenvalue weighted by Gasteiger charge is -2.15. The van der Waals surface area contributed by atoms with E-state index in [4.69, 9.17) is 14.4 Å². The van der Waals surface area contributed by atoms with Crippen molar-refractivity contribution in [1.82, 2.24) is 15.5 Å². The molecule has 1 unspecified atom stereocenters. The van der Waals surface area contributed by atoms with Gasteiger partial charge in [0.15, 0.2) is 0 Å². The van der Waals surface area contributed by atoms with Crippen LogP contribution in [-0.4, -0.2) is 46.8 Å². The minimum Gasteiger partial charge on any atom is -0.450 e. The summed E-state index contributed by atoms with van der Waals surface area (Å²) in [6.45, 7) is 0.465. The van der Waals surface area contributed by atoms with Gasteiger partial charge in [0.1, 0.15) is 12.6 Å². The number of rotatable bonds is 5. The van der Waals surface area contributed by atoms with Crippen LogP contribution in [0.5, 0.6) is 0 Å². The lowest BCUT2D eigenvalue weighted by atomic mass is 10.2. The quantitative estimate of drug-likeness (QED) is 0.722. The maximum atomic E-state index is 12.1. The number of pyridine rings is 1. The number of hydroxylamine groups is 2. The van der Waals surface area contributed by atoms with Crippen LogP contribution in [0, 0.1) is 0 Å². The largest absolute Gasteiger partial charge is 0.450 e. The second kappa shape index (κ2) is 6.71. The van der Waals surface area contributed by atoms with Gasteiger partial charge in [-0.1, -0.05) is 6.07 Å². The number of cyclic esters (lactones) is 1. The number of ether oxygens (including phenoxy) is 1. The summed E-state index contributed by atoms with van der Waals surface area (Å²) in [6, 6.07) is 3.03. The number of carbonyl (C=O) groups excluding carboxylic acids is 3. The second-order valence-corrected chi connectivity index (χ2v) is 5.11. The maximum absolute atomic E-state index is 12.1. The highest BCUT2D eigenvalue weighted by Crippen LogP contribution is 2.17. The molecule has 3 heterocycles. The first-order chi connectivity index (χ1) is 11.1. The summed E-state index contributed by atoms with van der Waals surface area (Å²) in [5, 5.41) is 3.53. The fraction of sp³-hybridized carbons (Fsp3) is 0.429. The van der Waals surface area contributed by atoms with Gasteiger partial charge in [-0.15, -0.1) is 0 Å². The topological polar surface area (TPSA) is 107 Å². The molecule has 3 rings (SSSR count). The third kappa shape index (κ3) is 3.63. The van der Waals surface area contributed by atoms with Gasteiger partial charge in [-0.3, -0.25) is 19.9 Å². The monoisotopic (exact) mass is 321 g/mol. The molecule has 1 aromatic heterocycles. The zero-order chi connectivity index (χ0) is 16.2. The number of amides is 1. The maximum Gasteiger partial charge on any atom is 0.375 e. The van der Waals surface area contributed by atoms with Crippen molar-refractivity contribution < 1.29 is 28.8 Å². The molecule has 2 aliphatic heterocycles. The number of nitrogens with one attached hydrogen (secondary N) is 1. The highest BCUT2D eigenvalue weighted by molar-refractivity contribution is 5.86. The second-order valence-electron chi connectivity index (χ2n) is 5.11. The van der Waals surface area contributed by atoms with Gasteiger partial charge in [-0.25, -0.2) is 9.63 Å². The van der Waals surface area contributed by atoms with Gasteiger partial charge in [0.25, 0.3) is 0 Å². The molecular weight excluding hydrogens is 306 g/mol. The van der Waals surface area contributed by atoms with E-state index in [1.165, 1.54) is 0 Å². The third-order valence-electron chi connectivity index (χ3n) is 3.43. The van der Waals surface area contributed by atoms with Gasteiger partial charge in [-0.05, 0) is 16.9 Å². The van der Waals surface area contributed by atoms with Crippen LogP contribution in [0.1, 0.15) is 18.4 Å². The number of carbonyl (C=O) groups is 3. The highest BCUT2D eigenvalue weighted by atomic mass is 17.0. The van der Waals surface area contributed by atoms with Gasteiger partial charge >= 0.3 is 17.8 Å². The van der Waals surface area contributed by atoms with Crippen LogP contribution in [0.4, 0.5) is 0 Å². The summed E-state index contributed by atoms with van der Waals surface area (Å²) in [6.07, 6.45) is 2.75. The molecule has 122 valence electrons. The van der Waals surface area contributed by atoms with E-state index >= 15 is 0 Å². The smallest absolute Gasteiger partial charge is 0.375 e. The van der Waals surface area contributed by atoms with Gasteiger partial charge < -0.3 is 9.57 Å². The molecule has 2 aliphatic rings. The molecule has 0 saturated carbocycles. The first-order valence-electron chi connectivity index (χ1n) is 7.14. The van der Waals surface area contributed by atoms with Crippen LogP contribution in [-0.2, 0) is 35.3 Å². The van der Waals surface area contributed by atoms with E-state index in [9.17, 15) is 14.4 Å². The number of esters is 1. The van der Waals surface area contributed by atoms with Crippen molar-refractivity contribution in [1.29, 1.82) is 0 Å². The van der Waals surface area contributed by atoms with Crippen LogP contribution in [0.2, 0.25) is 0 Å². The summed E-state index contributed by atoms with van der Waals surface area (Å²) < 4.78 is 4.77. The third-order valence-corrected chi connectivity index (χ3v) is 3.43. The molecule has 1 N–H and O–H groups in total. The Balaban J connectivity index is 1.48. The predicted molar refractivity (Wildman–Crippen MR) is 72.9 cm³/mol. The first-order valence-corrected chi connectivity index (χ1v) is 7.14. The average molecular weight is 321 g/mol. The van der Waals surface area contributed by atoms with Crippen LogP contribution in [0.3, 0.4) is 0 Å². The summed E-state index contributed by atoms with van der Waals surface area (Å²) in [5.41, 5.74) is 0.911. The Bertz CT molecular complexity index is 608. The predicted octanol–water partition coefficient (Wildman–Crippen LogP) is -0.523. The van der Waals surface area contributed by atoms with E-state index in [-0.39, 0.29) is 19.4 Å². The van der Waals surface area contributed by atoms with Crippen molar-refractivity contribution >= 4 is 17.8 Å². The van der Waals surface area contributed by atoms with E-state index < -0.39 is 30.0 Å². The minimum absolute atomic E-state index is 0.0385. The Morgan fingerprint density at radius 2 is 2.35 bits per heavy atom. The van der Waals surface area contributed by atoms with Gasteiger partial charge in [-0.2, -0.15) is 0 Å². The van der Waals surface area contributed by atoms with Crippen LogP contribution >= 0.6 is 0 Å². The lowest BCUT2D eigenvalue weighted by Crippen LogP contribution is -2.40. The van der Waals surface area contributed by atoms with Crippen LogP contribution in [0.25, 0.3) is 0 Å². The van der Waals surface area contributed by atoms with Gasteiger partial charge in [0.05, 0.1) is 0 Å². The molecule has 0 aliphatic carbocycles. The van der Waals surface area contributed by atoms with Crippen LogP contribution in [0.15, 0.2) is 24.5 Å². The van der Waals surface area contributed by atoms with Crippen molar-refractivity contribution in [3.63, 3.8) is 0 Å². The molecule has 0 aromatic carbocycles. The number of aromatic nitrogens is 1. The zero-order valence-electron chi connectivity index (χ0n) is 12.1. The molecule has 9 heteroatoms. The Hall–Kier alpha value is -2.52. The molecule has 0 radical (unpaired) electrons. The highest BCUT2D eigenvalue weighted by Gasteiger charge is 2.39. The average Bonchev–Trinajstić information content (AvgIpc) is 3.14. The van der Waals surface area contributed by atoms with Gasteiger partial charge in [0, 0.05) is 31.8 Å². The van der Waals surface area contributed by atoms with Crippen LogP contribution < -0.4 is 5.32 Å². The van der Waals surface area contributed by atoms with Crippen molar-refractivity contribution in [3.05, 3.63) is 30.1 Å². The number of hydrogen-bond acceptors (Lipinski definition) is 8. The Kier molecular flexibility index (Phi) is 4.49. The molecule has 1 amide bonds. The molecule has 23 heavy (non-hydrogen) atoms. The standard InChI is InChI=1S/C14H15N3O6/c18-12-4-3-11(22-12)14(20)23-17-13(19)10(8-21-17)16-7-9-2-1-5-15-6-9/h1-2,5-6,10-11,16H,3-4,7-8H2/t10-,11?/m0/s1. The van der Waals surface area contributed by atoms with Crippen molar-refractivity contribution in [2.24, 2.45) is 0 Å². The van der Waals surface area contributed by atoms with Crippen molar-refractivity contribution in [2.45, 2.75) is 31.5 Å². The van der Waals surface area contributed by atoms with E-state index in [0.29, 0.717) is 11.8 Å². The summed E-state index contributed by atoms with van der Waals surface area (Å²) in [4.78, 5) is 48.7. The minimum atomic E-state index is -0.985. The van der Waals surface area contributed by atoms with Crippen molar-refractivity contribution in [2.75, 3.05) is 6.61 Å². The van der Waals surface area contributed by atoms with E-state index in [0.717, 1.165) is 5.56 Å². The fourth-order valence-corrected chi connectivity index (χ4v) is 2.20. The van der Waals surface area contributed by atoms with Gasteiger partial charge in [0.2, 0.25) is 6.10 Å². The van der Waals surface area contributed by atoms with E-state index in [1.54, 1.807) is 18.5 Å². The summed E-state index contributed by atoms with van der Waals surface area (Å²) >= 11 is 0. The Morgan fingerprint density at radius 1 is 1.48 bits per heavy atom. The molecule has 2 atom stereocenters. The Morgan fingerprint density at radius 3 is 3.04 bits per heavy atom. The Labute approximate surface area is 131 Å². The molecule has 1 aromatic rings. The molecule has 0 bridgehead atoms. The van der Waals surface area contributed by atoms with Crippen molar-refractivity contribution in [3.8, 4) is 0 Å². The molecule has 0 spiro atoms. The normalized spacial score (nSPS) is 23.9. The molecular formula is C14H15N3O6. The SMILES string of the molecule is O=C1CCC(C(=O)ON2OC[C@H](NCc3cccnc3)C2=O)O1. The molecule has 2 fully saturated rings. The lowest BCUT2D eigenvalue weighted by molar-refractivity contribution is -0.306. The summed E-state index contributed by atoms with van der Waals surface area (Å²) in [7, 11) is 0. The summed E-state index contributed by atoms with van der Waals surface area (Å²) in [5.74, 6) is -1.81. The molecule has 2 saturated heterocycles. The fourth-order valence-electron chi connectivity index (χ4n) is 2.20. The number of hydrogen-bond donors (Lipinski definition) is 1. The van der Waals surface area contributed by atoms with E-state index in [2.05, 4.69) is 10.3 Å². The first kappa shape index (κ1) is 15.4. The molecule has 9 nitrogen and oxygen atoms in total. The zero-order valence-corrected chi connectivity index (χ0v) is 12.1.